The van der Waals surface area contributed by atoms with E-state index in [1.165, 1.54) is 6.20 Å². The molecule has 17 heavy (non-hydrogen) atoms. The highest BCUT2D eigenvalue weighted by atomic mass is 16.4. The molecule has 0 spiro atoms. The monoisotopic (exact) mass is 228 g/mol. The van der Waals surface area contributed by atoms with Gasteiger partial charge in [0.05, 0.1) is 0 Å². The van der Waals surface area contributed by atoms with E-state index in [9.17, 15) is 9.90 Å². The average molecular weight is 228 g/mol. The first kappa shape index (κ1) is 9.65. The summed E-state index contributed by atoms with van der Waals surface area (Å²) in [5.74, 6) is -0.882. The standard InChI is InChI=1S/C12H8N2O3/c15-8-1-2-9-7(5-8)3-4-14-6-10(12(16)17)13-11(9)14/h1-6,15H,(H,16,17). The topological polar surface area (TPSA) is 74.8 Å². The van der Waals surface area contributed by atoms with Gasteiger partial charge in [-0.1, -0.05) is 0 Å². The predicted molar refractivity (Wildman–Crippen MR) is 61.3 cm³/mol. The van der Waals surface area contributed by atoms with E-state index < -0.39 is 5.97 Å². The van der Waals surface area contributed by atoms with Crippen molar-refractivity contribution >= 4 is 22.4 Å². The summed E-state index contributed by atoms with van der Waals surface area (Å²) in [6.07, 6.45) is 3.18. The SMILES string of the molecule is O=C(O)c1cn2ccc3cc(O)ccc3c2n1. The number of fused-ring (bicyclic) bond motifs is 3. The molecule has 2 N–H and O–H groups in total. The first-order valence-corrected chi connectivity index (χ1v) is 4.99. The number of nitrogens with zero attached hydrogens (tertiary/aromatic N) is 2. The Balaban J connectivity index is 2.42. The fraction of sp³-hybridized carbons (Fsp3) is 0. The van der Waals surface area contributed by atoms with Gasteiger partial charge in [-0.05, 0) is 29.7 Å². The van der Waals surface area contributed by atoms with Crippen LogP contribution in [0.3, 0.4) is 0 Å². The second-order valence-corrected chi connectivity index (χ2v) is 3.75. The van der Waals surface area contributed by atoms with Crippen LogP contribution in [0.1, 0.15) is 10.5 Å². The van der Waals surface area contributed by atoms with Gasteiger partial charge in [-0.3, -0.25) is 0 Å². The molecule has 0 bridgehead atoms. The molecule has 0 aliphatic carbocycles. The van der Waals surface area contributed by atoms with E-state index in [4.69, 9.17) is 5.11 Å². The van der Waals surface area contributed by atoms with Crippen LogP contribution in [0.4, 0.5) is 0 Å². The van der Waals surface area contributed by atoms with Crippen LogP contribution < -0.4 is 0 Å². The number of rotatable bonds is 1. The maximum Gasteiger partial charge on any atom is 0.356 e. The van der Waals surface area contributed by atoms with Gasteiger partial charge in [-0.15, -0.1) is 0 Å². The van der Waals surface area contributed by atoms with Crippen LogP contribution >= 0.6 is 0 Å². The fourth-order valence-electron chi connectivity index (χ4n) is 1.86. The molecule has 0 unspecified atom stereocenters. The van der Waals surface area contributed by atoms with Gasteiger partial charge < -0.3 is 14.6 Å². The van der Waals surface area contributed by atoms with Crippen molar-refractivity contribution < 1.29 is 15.0 Å². The van der Waals surface area contributed by atoms with Crippen LogP contribution in [-0.4, -0.2) is 25.6 Å². The molecule has 84 valence electrons. The molecule has 3 aromatic rings. The minimum absolute atomic E-state index is 0.00516. The van der Waals surface area contributed by atoms with E-state index in [0.29, 0.717) is 5.65 Å². The lowest BCUT2D eigenvalue weighted by Gasteiger charge is -2.00. The van der Waals surface area contributed by atoms with Gasteiger partial charge in [0.1, 0.15) is 11.4 Å². The third-order valence-corrected chi connectivity index (χ3v) is 2.64. The van der Waals surface area contributed by atoms with Crippen LogP contribution in [-0.2, 0) is 0 Å². The van der Waals surface area contributed by atoms with Crippen molar-refractivity contribution in [3.8, 4) is 5.75 Å². The van der Waals surface area contributed by atoms with Crippen molar-refractivity contribution in [2.24, 2.45) is 0 Å². The van der Waals surface area contributed by atoms with Crippen molar-refractivity contribution in [2.45, 2.75) is 0 Å². The third-order valence-electron chi connectivity index (χ3n) is 2.64. The van der Waals surface area contributed by atoms with E-state index in [1.54, 1.807) is 34.9 Å². The van der Waals surface area contributed by atoms with Gasteiger partial charge in [0.2, 0.25) is 0 Å². The van der Waals surface area contributed by atoms with E-state index in [0.717, 1.165) is 10.8 Å². The summed E-state index contributed by atoms with van der Waals surface area (Å²) in [6.45, 7) is 0. The Hall–Kier alpha value is -2.56. The van der Waals surface area contributed by atoms with Gasteiger partial charge >= 0.3 is 5.97 Å². The van der Waals surface area contributed by atoms with Crippen LogP contribution in [0.25, 0.3) is 16.4 Å². The lowest BCUT2D eigenvalue weighted by Crippen LogP contribution is -1.94. The van der Waals surface area contributed by atoms with E-state index in [1.807, 2.05) is 0 Å². The number of imidazole rings is 1. The predicted octanol–water partition coefficient (Wildman–Crippen LogP) is 1.89. The minimum atomic E-state index is -1.05. The molecule has 0 radical (unpaired) electrons. The molecule has 5 heteroatoms. The minimum Gasteiger partial charge on any atom is -0.508 e. The molecular formula is C12H8N2O3. The summed E-state index contributed by atoms with van der Waals surface area (Å²) in [5.41, 5.74) is 0.575. The molecule has 2 aromatic heterocycles. The van der Waals surface area contributed by atoms with Gasteiger partial charge in [0, 0.05) is 17.8 Å². The number of pyridine rings is 1. The summed E-state index contributed by atoms with van der Waals surface area (Å²) in [7, 11) is 0. The lowest BCUT2D eigenvalue weighted by atomic mass is 10.1. The number of phenols is 1. The van der Waals surface area contributed by atoms with Crippen molar-refractivity contribution in [3.63, 3.8) is 0 Å². The smallest absolute Gasteiger partial charge is 0.356 e. The first-order chi connectivity index (χ1) is 8.15. The van der Waals surface area contributed by atoms with Crippen LogP contribution in [0.5, 0.6) is 5.75 Å². The number of aromatic hydroxyl groups is 1. The highest BCUT2D eigenvalue weighted by Gasteiger charge is 2.10. The zero-order valence-corrected chi connectivity index (χ0v) is 8.66. The fourth-order valence-corrected chi connectivity index (χ4v) is 1.86. The number of aromatic nitrogens is 2. The molecule has 0 atom stereocenters. The van der Waals surface area contributed by atoms with Crippen molar-refractivity contribution in [1.82, 2.24) is 9.38 Å². The van der Waals surface area contributed by atoms with Gasteiger partial charge in [0.25, 0.3) is 0 Å². The summed E-state index contributed by atoms with van der Waals surface area (Å²) in [4.78, 5) is 14.9. The number of carbonyl (C=O) groups is 1. The molecule has 1 aromatic carbocycles. The van der Waals surface area contributed by atoms with Crippen molar-refractivity contribution in [1.29, 1.82) is 0 Å². The number of hydrogen-bond donors (Lipinski definition) is 2. The second kappa shape index (κ2) is 3.21. The number of benzene rings is 1. The lowest BCUT2D eigenvalue weighted by molar-refractivity contribution is 0.0691. The molecule has 3 rings (SSSR count). The van der Waals surface area contributed by atoms with Gasteiger partial charge in [-0.25, -0.2) is 9.78 Å². The van der Waals surface area contributed by atoms with Crippen LogP contribution in [0, 0.1) is 0 Å². The average Bonchev–Trinajstić information content (AvgIpc) is 2.72. The Kier molecular flexibility index (Phi) is 1.82. The molecule has 0 aliphatic heterocycles. The van der Waals surface area contributed by atoms with E-state index in [-0.39, 0.29) is 11.4 Å². The Morgan fingerprint density at radius 1 is 1.29 bits per heavy atom. The molecular weight excluding hydrogens is 220 g/mol. The number of carboxylic acids is 1. The third kappa shape index (κ3) is 1.40. The van der Waals surface area contributed by atoms with Gasteiger partial charge in [0.15, 0.2) is 5.69 Å². The zero-order valence-electron chi connectivity index (χ0n) is 8.66. The number of phenolic OH excluding ortho intramolecular Hbond substituents is 1. The van der Waals surface area contributed by atoms with Crippen LogP contribution in [0.2, 0.25) is 0 Å². The summed E-state index contributed by atoms with van der Waals surface area (Å²) in [5, 5.41) is 19.9. The number of hydrogen-bond acceptors (Lipinski definition) is 3. The largest absolute Gasteiger partial charge is 0.508 e. The highest BCUT2D eigenvalue weighted by Crippen LogP contribution is 2.23. The Morgan fingerprint density at radius 3 is 2.88 bits per heavy atom. The molecule has 0 amide bonds. The van der Waals surface area contributed by atoms with Crippen molar-refractivity contribution in [2.75, 3.05) is 0 Å². The molecule has 0 fully saturated rings. The Labute approximate surface area is 95.6 Å². The quantitative estimate of drug-likeness (QED) is 0.667. The van der Waals surface area contributed by atoms with Gasteiger partial charge in [-0.2, -0.15) is 0 Å². The molecule has 5 nitrogen and oxygen atoms in total. The van der Waals surface area contributed by atoms with E-state index >= 15 is 0 Å². The Bertz CT molecular complexity index is 746. The maximum atomic E-state index is 10.8. The zero-order chi connectivity index (χ0) is 12.0. The normalized spacial score (nSPS) is 11.1. The molecule has 2 heterocycles. The summed E-state index contributed by atoms with van der Waals surface area (Å²) >= 11 is 0. The van der Waals surface area contributed by atoms with Crippen molar-refractivity contribution in [3.05, 3.63) is 42.4 Å². The summed E-state index contributed by atoms with van der Waals surface area (Å²) < 4.78 is 1.66. The first-order valence-electron chi connectivity index (χ1n) is 4.99. The molecule has 0 aliphatic rings. The molecule has 0 saturated heterocycles. The number of aromatic carboxylic acids is 1. The Morgan fingerprint density at radius 2 is 2.12 bits per heavy atom. The number of carboxylic acid groups (broad SMARTS) is 1. The highest BCUT2D eigenvalue weighted by molar-refractivity contribution is 5.96. The maximum absolute atomic E-state index is 10.8. The van der Waals surface area contributed by atoms with Crippen LogP contribution in [0.15, 0.2) is 36.7 Å². The second-order valence-electron chi connectivity index (χ2n) is 3.75. The van der Waals surface area contributed by atoms with E-state index in [2.05, 4.69) is 4.98 Å². The summed E-state index contributed by atoms with van der Waals surface area (Å²) in [6, 6.07) is 6.69. The molecule has 0 saturated carbocycles.